The van der Waals surface area contributed by atoms with Crippen molar-refractivity contribution in [3.63, 3.8) is 0 Å². The van der Waals surface area contributed by atoms with Crippen molar-refractivity contribution in [3.05, 3.63) is 29.8 Å². The summed E-state index contributed by atoms with van der Waals surface area (Å²) in [4.78, 5) is 22.5. The summed E-state index contributed by atoms with van der Waals surface area (Å²) in [5.41, 5.74) is 0.718. The van der Waals surface area contributed by atoms with Gasteiger partial charge < -0.3 is 19.9 Å². The van der Waals surface area contributed by atoms with Gasteiger partial charge in [-0.15, -0.1) is 0 Å². The van der Waals surface area contributed by atoms with E-state index >= 15 is 0 Å². The van der Waals surface area contributed by atoms with Gasteiger partial charge in [0, 0.05) is 13.5 Å². The summed E-state index contributed by atoms with van der Waals surface area (Å²) >= 11 is 0. The summed E-state index contributed by atoms with van der Waals surface area (Å²) in [5.74, 6) is -0.977. The van der Waals surface area contributed by atoms with Gasteiger partial charge in [-0.2, -0.15) is 0 Å². The predicted octanol–water partition coefficient (Wildman–Crippen LogP) is 0.453. The maximum Gasteiger partial charge on any atom is 0.326 e. The van der Waals surface area contributed by atoms with E-state index in [0.29, 0.717) is 5.75 Å². The third kappa shape index (κ3) is 4.59. The summed E-state index contributed by atoms with van der Waals surface area (Å²) in [6, 6.07) is 6.07. The molecule has 1 atom stereocenters. The molecule has 0 aliphatic heterocycles. The lowest BCUT2D eigenvalue weighted by Crippen LogP contribution is -2.43. The van der Waals surface area contributed by atoms with Crippen LogP contribution in [0.5, 0.6) is 5.75 Å². The normalized spacial score (nSPS) is 11.7. The number of nitrogens with one attached hydrogen (secondary N) is 1. The molecule has 104 valence electrons. The topological polar surface area (TPSA) is 84.9 Å². The Balaban J connectivity index is 2.78. The Hall–Kier alpha value is -2.08. The van der Waals surface area contributed by atoms with Crippen molar-refractivity contribution in [2.45, 2.75) is 12.5 Å². The molecule has 1 amide bonds. The quantitative estimate of drug-likeness (QED) is 0.749. The Morgan fingerprint density at radius 2 is 2.00 bits per heavy atom. The number of hydrogen-bond acceptors (Lipinski definition) is 4. The minimum Gasteiger partial charge on any atom is -0.496 e. The van der Waals surface area contributed by atoms with Crippen LogP contribution >= 0.6 is 0 Å². The molecule has 0 aliphatic carbocycles. The molecular formula is C13H17NO5. The van der Waals surface area contributed by atoms with Crippen LogP contribution in [0.2, 0.25) is 0 Å². The van der Waals surface area contributed by atoms with E-state index in [2.05, 4.69) is 10.1 Å². The van der Waals surface area contributed by atoms with E-state index in [9.17, 15) is 9.59 Å². The van der Waals surface area contributed by atoms with Crippen LogP contribution in [-0.2, 0) is 20.7 Å². The molecular weight excluding hydrogens is 250 g/mol. The second-order valence-corrected chi connectivity index (χ2v) is 3.91. The first-order valence-corrected chi connectivity index (χ1v) is 5.71. The molecule has 1 aromatic rings. The van der Waals surface area contributed by atoms with E-state index in [1.165, 1.54) is 14.2 Å². The van der Waals surface area contributed by atoms with Crippen molar-refractivity contribution in [2.75, 3.05) is 20.8 Å². The van der Waals surface area contributed by atoms with E-state index in [1.807, 2.05) is 0 Å². The molecule has 1 rings (SSSR count). The highest BCUT2D eigenvalue weighted by molar-refractivity contribution is 5.84. The van der Waals surface area contributed by atoms with Crippen LogP contribution in [0.1, 0.15) is 5.56 Å². The van der Waals surface area contributed by atoms with Gasteiger partial charge in [-0.05, 0) is 11.6 Å². The number of hydrogen-bond donors (Lipinski definition) is 2. The van der Waals surface area contributed by atoms with E-state index < -0.39 is 17.9 Å². The summed E-state index contributed by atoms with van der Waals surface area (Å²) in [7, 11) is 2.88. The van der Waals surface area contributed by atoms with Gasteiger partial charge in [0.05, 0.1) is 7.11 Å². The average Bonchev–Trinajstić information content (AvgIpc) is 2.38. The summed E-state index contributed by atoms with van der Waals surface area (Å²) in [6.45, 7) is -0.171. The Labute approximate surface area is 111 Å². The van der Waals surface area contributed by atoms with E-state index in [0.717, 1.165) is 5.56 Å². The van der Waals surface area contributed by atoms with Gasteiger partial charge >= 0.3 is 5.97 Å². The third-order valence-corrected chi connectivity index (χ3v) is 2.53. The predicted molar refractivity (Wildman–Crippen MR) is 68.1 cm³/mol. The number of carbonyl (C=O) groups is 2. The number of amides is 1. The first kappa shape index (κ1) is 15.0. The number of rotatable bonds is 7. The lowest BCUT2D eigenvalue weighted by Gasteiger charge is -2.16. The Morgan fingerprint density at radius 1 is 1.32 bits per heavy atom. The molecule has 1 aromatic carbocycles. The minimum absolute atomic E-state index is 0.148. The number of carbonyl (C=O) groups excluding carboxylic acids is 1. The molecule has 0 unspecified atom stereocenters. The molecule has 6 heteroatoms. The number of carboxylic acids is 1. The molecule has 6 nitrogen and oxygen atoms in total. The van der Waals surface area contributed by atoms with Crippen molar-refractivity contribution < 1.29 is 24.2 Å². The number of aliphatic carboxylic acids is 1. The van der Waals surface area contributed by atoms with E-state index in [1.54, 1.807) is 24.3 Å². The molecule has 19 heavy (non-hydrogen) atoms. The van der Waals surface area contributed by atoms with E-state index in [4.69, 9.17) is 9.84 Å². The van der Waals surface area contributed by atoms with Gasteiger partial charge in [-0.1, -0.05) is 18.2 Å². The van der Waals surface area contributed by atoms with Gasteiger partial charge in [-0.3, -0.25) is 4.79 Å². The highest BCUT2D eigenvalue weighted by Gasteiger charge is 2.21. The lowest BCUT2D eigenvalue weighted by atomic mass is 10.0. The Kier molecular flexibility index (Phi) is 5.81. The van der Waals surface area contributed by atoms with Crippen LogP contribution in [0, 0.1) is 0 Å². The zero-order chi connectivity index (χ0) is 14.3. The summed E-state index contributed by atoms with van der Waals surface area (Å²) < 4.78 is 9.80. The number of carboxylic acid groups (broad SMARTS) is 1. The minimum atomic E-state index is -1.10. The van der Waals surface area contributed by atoms with Crippen LogP contribution < -0.4 is 10.1 Å². The fourth-order valence-electron chi connectivity index (χ4n) is 1.66. The maximum absolute atomic E-state index is 11.4. The SMILES string of the molecule is COCC(=O)N[C@@H](Cc1ccccc1OC)C(=O)O. The largest absolute Gasteiger partial charge is 0.496 e. The average molecular weight is 267 g/mol. The molecule has 2 N–H and O–H groups in total. The zero-order valence-electron chi connectivity index (χ0n) is 10.9. The number of para-hydroxylation sites is 1. The molecule has 0 saturated heterocycles. The van der Waals surface area contributed by atoms with Crippen molar-refractivity contribution >= 4 is 11.9 Å². The third-order valence-electron chi connectivity index (χ3n) is 2.53. The first-order valence-electron chi connectivity index (χ1n) is 5.71. The van der Waals surface area contributed by atoms with Crippen LogP contribution in [0.15, 0.2) is 24.3 Å². The van der Waals surface area contributed by atoms with Crippen molar-refractivity contribution in [2.24, 2.45) is 0 Å². The van der Waals surface area contributed by atoms with Crippen LogP contribution in [-0.4, -0.2) is 43.9 Å². The molecule has 0 spiro atoms. The van der Waals surface area contributed by atoms with Crippen molar-refractivity contribution in [1.29, 1.82) is 0 Å². The fourth-order valence-corrected chi connectivity index (χ4v) is 1.66. The van der Waals surface area contributed by atoms with Gasteiger partial charge in [0.25, 0.3) is 0 Å². The molecule has 0 aliphatic rings. The monoisotopic (exact) mass is 267 g/mol. The van der Waals surface area contributed by atoms with Crippen LogP contribution in [0.25, 0.3) is 0 Å². The molecule has 0 bridgehead atoms. The maximum atomic E-state index is 11.4. The number of benzene rings is 1. The smallest absolute Gasteiger partial charge is 0.326 e. The lowest BCUT2D eigenvalue weighted by molar-refractivity contribution is -0.142. The molecule has 0 radical (unpaired) electrons. The molecule has 0 heterocycles. The van der Waals surface area contributed by atoms with Gasteiger partial charge in [0.2, 0.25) is 5.91 Å². The second kappa shape index (κ2) is 7.38. The van der Waals surface area contributed by atoms with Crippen molar-refractivity contribution in [3.8, 4) is 5.75 Å². The van der Waals surface area contributed by atoms with Crippen LogP contribution in [0.3, 0.4) is 0 Å². The first-order chi connectivity index (χ1) is 9.08. The zero-order valence-corrected chi connectivity index (χ0v) is 10.9. The fraction of sp³-hybridized carbons (Fsp3) is 0.385. The van der Waals surface area contributed by atoms with Gasteiger partial charge in [0.1, 0.15) is 18.4 Å². The second-order valence-electron chi connectivity index (χ2n) is 3.91. The summed E-state index contributed by atoms with van der Waals surface area (Å²) in [6.07, 6.45) is 0.148. The summed E-state index contributed by atoms with van der Waals surface area (Å²) in [5, 5.41) is 11.5. The van der Waals surface area contributed by atoms with Crippen molar-refractivity contribution in [1.82, 2.24) is 5.32 Å². The highest BCUT2D eigenvalue weighted by atomic mass is 16.5. The Bertz CT molecular complexity index is 446. The number of methoxy groups -OCH3 is 2. The standard InChI is InChI=1S/C13H17NO5/c1-18-8-12(15)14-10(13(16)17)7-9-5-3-4-6-11(9)19-2/h3-6,10H,7-8H2,1-2H3,(H,14,15)(H,16,17)/t10-/m0/s1. The molecule has 0 fully saturated rings. The van der Waals surface area contributed by atoms with Gasteiger partial charge in [0.15, 0.2) is 0 Å². The molecule has 0 aromatic heterocycles. The number of ether oxygens (including phenoxy) is 2. The molecule has 0 saturated carbocycles. The van der Waals surface area contributed by atoms with Gasteiger partial charge in [-0.25, -0.2) is 4.79 Å². The van der Waals surface area contributed by atoms with Crippen LogP contribution in [0.4, 0.5) is 0 Å². The highest BCUT2D eigenvalue weighted by Crippen LogP contribution is 2.18. The Morgan fingerprint density at radius 3 is 2.58 bits per heavy atom. The van der Waals surface area contributed by atoms with E-state index in [-0.39, 0.29) is 13.0 Å².